The number of hydrogen-bond acceptors (Lipinski definition) is 3. The summed E-state index contributed by atoms with van der Waals surface area (Å²) in [5, 5.41) is 0. The summed E-state index contributed by atoms with van der Waals surface area (Å²) >= 11 is 0. The van der Waals surface area contributed by atoms with Gasteiger partial charge in [-0.2, -0.15) is 0 Å². The van der Waals surface area contributed by atoms with E-state index in [2.05, 4.69) is 0 Å². The van der Waals surface area contributed by atoms with Crippen LogP contribution in [0.4, 0.5) is 0 Å². The maximum Gasteiger partial charge on any atom is 0.639 e. The molecule has 1 aliphatic heterocycles. The van der Waals surface area contributed by atoms with E-state index < -0.39 is 7.32 Å². The summed E-state index contributed by atoms with van der Waals surface area (Å²) in [5.41, 5.74) is 1.13. The van der Waals surface area contributed by atoms with Crippen LogP contribution in [0.3, 0.4) is 0 Å². The Hall–Kier alpha value is -0.835. The Morgan fingerprint density at radius 2 is 1.87 bits per heavy atom. The summed E-state index contributed by atoms with van der Waals surface area (Å²) in [7, 11) is -0.506. The highest BCUT2D eigenvalue weighted by Crippen LogP contribution is 2.18. The van der Waals surface area contributed by atoms with Gasteiger partial charge in [0.05, 0.1) is 6.10 Å². The summed E-state index contributed by atoms with van der Waals surface area (Å²) in [6.07, 6.45) is 0.939. The number of hydrogen-bond donors (Lipinski definition) is 0. The van der Waals surface area contributed by atoms with Crippen LogP contribution in [0.1, 0.15) is 25.0 Å². The minimum absolute atomic E-state index is 0.00528. The van der Waals surface area contributed by atoms with Crippen molar-refractivity contribution >= 4 is 7.32 Å². The molecule has 0 aliphatic carbocycles. The summed E-state index contributed by atoms with van der Waals surface area (Å²) < 4.78 is 16.3. The van der Waals surface area contributed by atoms with Crippen molar-refractivity contribution in [2.24, 2.45) is 0 Å². The van der Waals surface area contributed by atoms with Gasteiger partial charge in [0.2, 0.25) is 0 Å². The van der Waals surface area contributed by atoms with Gasteiger partial charge >= 0.3 is 7.32 Å². The molecular formula is C11H15BO3. The first kappa shape index (κ1) is 10.7. The predicted octanol–water partition coefficient (Wildman–Crippen LogP) is 2.19. The average molecular weight is 206 g/mol. The van der Waals surface area contributed by atoms with Gasteiger partial charge in [0, 0.05) is 13.2 Å². The van der Waals surface area contributed by atoms with Crippen molar-refractivity contribution in [1.29, 1.82) is 0 Å². The minimum atomic E-state index is -0.506. The van der Waals surface area contributed by atoms with Crippen LogP contribution in [-0.4, -0.2) is 20.5 Å². The van der Waals surface area contributed by atoms with Crippen molar-refractivity contribution in [3.63, 3.8) is 0 Å². The quantitative estimate of drug-likeness (QED) is 0.709. The van der Waals surface area contributed by atoms with E-state index in [1.165, 1.54) is 0 Å². The molecular weight excluding hydrogens is 191 g/mol. The van der Waals surface area contributed by atoms with Gasteiger partial charge in [-0.05, 0) is 18.9 Å². The molecule has 1 aliphatic rings. The van der Waals surface area contributed by atoms with Crippen molar-refractivity contribution in [2.45, 2.75) is 19.4 Å². The lowest BCUT2D eigenvalue weighted by Gasteiger charge is -2.22. The summed E-state index contributed by atoms with van der Waals surface area (Å²) in [5.74, 6) is 0. The lowest BCUT2D eigenvalue weighted by atomic mass is 10.1. The van der Waals surface area contributed by atoms with Gasteiger partial charge in [0.1, 0.15) is 0 Å². The van der Waals surface area contributed by atoms with Crippen molar-refractivity contribution in [3.05, 3.63) is 35.9 Å². The fourth-order valence-electron chi connectivity index (χ4n) is 1.51. The van der Waals surface area contributed by atoms with Crippen molar-refractivity contribution < 1.29 is 14.0 Å². The van der Waals surface area contributed by atoms with Crippen LogP contribution in [0.15, 0.2) is 30.3 Å². The fraction of sp³-hybridized carbons (Fsp3) is 0.455. The minimum Gasteiger partial charge on any atom is -0.386 e. The Labute approximate surface area is 90.5 Å². The monoisotopic (exact) mass is 206 g/mol. The smallest absolute Gasteiger partial charge is 0.386 e. The highest BCUT2D eigenvalue weighted by atomic mass is 16.7. The van der Waals surface area contributed by atoms with Gasteiger partial charge < -0.3 is 14.0 Å². The van der Waals surface area contributed by atoms with Gasteiger partial charge in [-0.25, -0.2) is 0 Å². The highest BCUT2D eigenvalue weighted by molar-refractivity contribution is 6.36. The maximum atomic E-state index is 5.63. The Morgan fingerprint density at radius 3 is 2.53 bits per heavy atom. The number of rotatable bonds is 3. The Bertz CT molecular complexity index is 285. The summed E-state index contributed by atoms with van der Waals surface area (Å²) in [6, 6.07) is 10.1. The third-order valence-electron chi connectivity index (χ3n) is 2.38. The zero-order valence-corrected chi connectivity index (χ0v) is 8.89. The predicted molar refractivity (Wildman–Crippen MR) is 58.2 cm³/mol. The second-order valence-electron chi connectivity index (χ2n) is 3.57. The van der Waals surface area contributed by atoms with Crippen molar-refractivity contribution in [3.8, 4) is 0 Å². The average Bonchev–Trinajstić information content (AvgIpc) is 2.31. The van der Waals surface area contributed by atoms with E-state index in [-0.39, 0.29) is 6.10 Å². The van der Waals surface area contributed by atoms with Gasteiger partial charge in [-0.1, -0.05) is 30.3 Å². The first-order chi connectivity index (χ1) is 7.36. The molecule has 1 aromatic carbocycles. The van der Waals surface area contributed by atoms with Crippen LogP contribution in [-0.2, 0) is 14.0 Å². The van der Waals surface area contributed by atoms with Gasteiger partial charge in [0.25, 0.3) is 0 Å². The van der Waals surface area contributed by atoms with Crippen molar-refractivity contribution in [1.82, 2.24) is 0 Å². The molecule has 0 spiro atoms. The number of benzene rings is 1. The molecule has 3 nitrogen and oxygen atoms in total. The van der Waals surface area contributed by atoms with E-state index in [1.54, 1.807) is 0 Å². The van der Waals surface area contributed by atoms with Gasteiger partial charge in [-0.15, -0.1) is 0 Å². The van der Waals surface area contributed by atoms with Gasteiger partial charge in [-0.3, -0.25) is 0 Å². The molecule has 0 radical (unpaired) electrons. The molecule has 0 amide bonds. The highest BCUT2D eigenvalue weighted by Gasteiger charge is 2.27. The fourth-order valence-corrected chi connectivity index (χ4v) is 1.51. The largest absolute Gasteiger partial charge is 0.639 e. The summed E-state index contributed by atoms with van der Waals surface area (Å²) in [6.45, 7) is 3.43. The van der Waals surface area contributed by atoms with Crippen molar-refractivity contribution in [2.75, 3.05) is 13.2 Å². The molecule has 1 aromatic rings. The Balaban J connectivity index is 1.88. The normalized spacial score (nSPS) is 18.9. The molecule has 0 aromatic heterocycles. The molecule has 1 saturated heterocycles. The van der Waals surface area contributed by atoms with Crippen LogP contribution < -0.4 is 0 Å². The molecule has 1 heterocycles. The van der Waals surface area contributed by atoms with Crippen LogP contribution in [0.2, 0.25) is 0 Å². The molecule has 4 heteroatoms. The van der Waals surface area contributed by atoms with E-state index >= 15 is 0 Å². The molecule has 0 saturated carbocycles. The van der Waals surface area contributed by atoms with Gasteiger partial charge in [0.15, 0.2) is 0 Å². The SMILES string of the molecule is CC(OB1OCCCO1)c1ccccc1. The zero-order valence-electron chi connectivity index (χ0n) is 8.89. The van der Waals surface area contributed by atoms with Crippen LogP contribution in [0.5, 0.6) is 0 Å². The zero-order chi connectivity index (χ0) is 10.5. The standard InChI is InChI=1S/C11H15BO3/c1-10(11-6-3-2-4-7-11)15-12-13-8-5-9-14-12/h2-4,6-7,10H,5,8-9H2,1H3. The van der Waals surface area contributed by atoms with E-state index in [1.807, 2.05) is 37.3 Å². The van der Waals surface area contributed by atoms with E-state index in [0.717, 1.165) is 12.0 Å². The third-order valence-corrected chi connectivity index (χ3v) is 2.38. The summed E-state index contributed by atoms with van der Waals surface area (Å²) in [4.78, 5) is 0. The molecule has 1 atom stereocenters. The second kappa shape index (κ2) is 5.30. The van der Waals surface area contributed by atoms with Crippen LogP contribution >= 0.6 is 0 Å². The first-order valence-corrected chi connectivity index (χ1v) is 5.30. The molecule has 0 bridgehead atoms. The topological polar surface area (TPSA) is 27.7 Å². The lowest BCUT2D eigenvalue weighted by Crippen LogP contribution is -2.33. The van der Waals surface area contributed by atoms with Crippen LogP contribution in [0.25, 0.3) is 0 Å². The lowest BCUT2D eigenvalue weighted by molar-refractivity contribution is 0.0308. The molecule has 80 valence electrons. The Morgan fingerprint density at radius 1 is 1.20 bits per heavy atom. The van der Waals surface area contributed by atoms with E-state index in [0.29, 0.717) is 13.2 Å². The van der Waals surface area contributed by atoms with E-state index in [4.69, 9.17) is 14.0 Å². The third kappa shape index (κ3) is 3.06. The molecule has 0 N–H and O–H groups in total. The maximum absolute atomic E-state index is 5.63. The van der Waals surface area contributed by atoms with E-state index in [9.17, 15) is 0 Å². The first-order valence-electron chi connectivity index (χ1n) is 5.30. The Kier molecular flexibility index (Phi) is 3.77. The molecule has 2 rings (SSSR count). The molecule has 15 heavy (non-hydrogen) atoms. The molecule has 1 fully saturated rings. The molecule has 1 unspecified atom stereocenters. The van der Waals surface area contributed by atoms with Crippen LogP contribution in [0, 0.1) is 0 Å². The second-order valence-corrected chi connectivity index (χ2v) is 3.57.